The number of fused-ring (bicyclic) bond motifs is 1. The van der Waals surface area contributed by atoms with Gasteiger partial charge in [-0.1, -0.05) is 18.2 Å². The molecule has 5 rings (SSSR count). The van der Waals surface area contributed by atoms with E-state index in [4.69, 9.17) is 0 Å². The first kappa shape index (κ1) is 23.3. The molecule has 0 unspecified atom stereocenters. The standard InChI is InChI=1S/C27H26N6O3/c1-16-15-32(26(35)19-7-5-4-6-8-19)11-12-33(16)27(36)25(34)22-14-30-23-20(22)9-10-28-24(23)21-13-29-18(3)31-17(21)2/h4-10,13-14,16,30H,11-12,15H2,1-3H3/t16-/m1/s1. The largest absolute Gasteiger partial charge is 0.359 e. The Balaban J connectivity index is 1.37. The van der Waals surface area contributed by atoms with Gasteiger partial charge in [0.05, 0.1) is 22.5 Å². The summed E-state index contributed by atoms with van der Waals surface area (Å²) in [6.45, 7) is 6.58. The van der Waals surface area contributed by atoms with Gasteiger partial charge in [-0.25, -0.2) is 9.97 Å². The minimum absolute atomic E-state index is 0.0760. The summed E-state index contributed by atoms with van der Waals surface area (Å²) in [5, 5.41) is 0.615. The molecule has 1 aliphatic rings. The molecule has 1 N–H and O–H groups in total. The Morgan fingerprint density at radius 1 is 1.03 bits per heavy atom. The smallest absolute Gasteiger partial charge is 0.295 e. The number of carbonyl (C=O) groups excluding carboxylic acids is 3. The summed E-state index contributed by atoms with van der Waals surface area (Å²) in [6, 6.07) is 10.5. The van der Waals surface area contributed by atoms with E-state index in [2.05, 4.69) is 19.9 Å². The summed E-state index contributed by atoms with van der Waals surface area (Å²) < 4.78 is 0. The van der Waals surface area contributed by atoms with Gasteiger partial charge in [0.1, 0.15) is 5.82 Å². The van der Waals surface area contributed by atoms with E-state index in [1.54, 1.807) is 46.6 Å². The Morgan fingerprint density at radius 3 is 2.53 bits per heavy atom. The van der Waals surface area contributed by atoms with Crippen LogP contribution in [-0.4, -0.2) is 73.0 Å². The van der Waals surface area contributed by atoms with Gasteiger partial charge in [0.15, 0.2) is 0 Å². The van der Waals surface area contributed by atoms with E-state index in [0.29, 0.717) is 53.2 Å². The SMILES string of the molecule is Cc1ncc(-c2nccc3c(C(=O)C(=O)N4CCN(C(=O)c5ccccc5)C[C@H]4C)c[nH]c23)c(C)n1. The van der Waals surface area contributed by atoms with E-state index in [-0.39, 0.29) is 11.9 Å². The van der Waals surface area contributed by atoms with Crippen molar-refractivity contribution in [1.82, 2.24) is 29.7 Å². The van der Waals surface area contributed by atoms with Crippen LogP contribution >= 0.6 is 0 Å². The Bertz CT molecular complexity index is 1480. The van der Waals surface area contributed by atoms with Crippen molar-refractivity contribution in [2.24, 2.45) is 0 Å². The van der Waals surface area contributed by atoms with Gasteiger partial charge in [0.2, 0.25) is 0 Å². The minimum Gasteiger partial charge on any atom is -0.359 e. The maximum absolute atomic E-state index is 13.3. The van der Waals surface area contributed by atoms with E-state index < -0.39 is 11.7 Å². The number of Topliss-reactive ketones (excluding diaryl/α,β-unsaturated/α-hetero) is 1. The number of rotatable bonds is 4. The number of pyridine rings is 1. The highest BCUT2D eigenvalue weighted by molar-refractivity contribution is 6.45. The predicted molar refractivity (Wildman–Crippen MR) is 134 cm³/mol. The number of H-pyrrole nitrogens is 1. The van der Waals surface area contributed by atoms with Gasteiger partial charge in [-0.3, -0.25) is 19.4 Å². The normalized spacial score (nSPS) is 15.8. The van der Waals surface area contributed by atoms with E-state index in [0.717, 1.165) is 11.3 Å². The van der Waals surface area contributed by atoms with E-state index in [9.17, 15) is 14.4 Å². The van der Waals surface area contributed by atoms with Crippen molar-refractivity contribution in [1.29, 1.82) is 0 Å². The summed E-state index contributed by atoms with van der Waals surface area (Å²) in [6.07, 6.45) is 4.88. The molecular formula is C27H26N6O3. The molecule has 182 valence electrons. The first-order valence-corrected chi connectivity index (χ1v) is 11.8. The Kier molecular flexibility index (Phi) is 6.05. The van der Waals surface area contributed by atoms with Crippen molar-refractivity contribution in [3.05, 3.63) is 77.6 Å². The van der Waals surface area contributed by atoms with Crippen LogP contribution in [0.2, 0.25) is 0 Å². The molecule has 3 aromatic heterocycles. The van der Waals surface area contributed by atoms with Gasteiger partial charge in [-0.15, -0.1) is 0 Å². The van der Waals surface area contributed by atoms with E-state index in [1.807, 2.05) is 39.0 Å². The third-order valence-corrected chi connectivity index (χ3v) is 6.59. The van der Waals surface area contributed by atoms with Gasteiger partial charge in [-0.05, 0) is 39.0 Å². The second-order valence-corrected chi connectivity index (χ2v) is 8.99. The Hall–Kier alpha value is -4.40. The van der Waals surface area contributed by atoms with Crippen LogP contribution in [0.1, 0.15) is 39.2 Å². The number of nitrogens with zero attached hydrogens (tertiary/aromatic N) is 5. The highest BCUT2D eigenvalue weighted by Crippen LogP contribution is 2.29. The first-order valence-electron chi connectivity index (χ1n) is 11.8. The van der Waals surface area contributed by atoms with Crippen molar-refractivity contribution in [3.8, 4) is 11.3 Å². The molecule has 0 bridgehead atoms. The average Bonchev–Trinajstić information content (AvgIpc) is 3.32. The van der Waals surface area contributed by atoms with Crippen molar-refractivity contribution in [2.75, 3.05) is 19.6 Å². The van der Waals surface area contributed by atoms with Crippen LogP contribution in [-0.2, 0) is 4.79 Å². The lowest BCUT2D eigenvalue weighted by atomic mass is 10.0. The molecule has 1 aromatic carbocycles. The monoisotopic (exact) mass is 482 g/mol. The summed E-state index contributed by atoms with van der Waals surface area (Å²) in [7, 11) is 0. The number of piperazine rings is 1. The van der Waals surface area contributed by atoms with Crippen LogP contribution in [0, 0.1) is 13.8 Å². The molecule has 0 aliphatic carbocycles. The second-order valence-electron chi connectivity index (χ2n) is 8.99. The van der Waals surface area contributed by atoms with Gasteiger partial charge in [0, 0.05) is 60.8 Å². The van der Waals surface area contributed by atoms with Gasteiger partial charge >= 0.3 is 0 Å². The Labute approximate surface area is 208 Å². The van der Waals surface area contributed by atoms with Gasteiger partial charge in [-0.2, -0.15) is 0 Å². The summed E-state index contributed by atoms with van der Waals surface area (Å²) in [4.78, 5) is 59.0. The molecule has 4 heterocycles. The Morgan fingerprint density at radius 2 is 1.81 bits per heavy atom. The number of hydrogen-bond donors (Lipinski definition) is 1. The van der Waals surface area contributed by atoms with Crippen molar-refractivity contribution in [2.45, 2.75) is 26.8 Å². The molecule has 1 fully saturated rings. The number of aromatic nitrogens is 4. The van der Waals surface area contributed by atoms with Crippen molar-refractivity contribution >= 4 is 28.5 Å². The molecule has 0 radical (unpaired) electrons. The minimum atomic E-state index is -0.593. The zero-order valence-corrected chi connectivity index (χ0v) is 20.4. The maximum Gasteiger partial charge on any atom is 0.295 e. The summed E-state index contributed by atoms with van der Waals surface area (Å²) in [5.74, 6) is -0.586. The molecule has 0 spiro atoms. The highest BCUT2D eigenvalue weighted by atomic mass is 16.2. The topological polar surface area (TPSA) is 112 Å². The number of aromatic amines is 1. The van der Waals surface area contributed by atoms with Gasteiger partial charge in [0.25, 0.3) is 17.6 Å². The fraction of sp³-hybridized carbons (Fsp3) is 0.259. The molecule has 1 aliphatic heterocycles. The molecule has 0 saturated carbocycles. The zero-order valence-electron chi connectivity index (χ0n) is 20.4. The summed E-state index contributed by atoms with van der Waals surface area (Å²) >= 11 is 0. The highest BCUT2D eigenvalue weighted by Gasteiger charge is 2.34. The van der Waals surface area contributed by atoms with Crippen LogP contribution in [0.3, 0.4) is 0 Å². The van der Waals surface area contributed by atoms with E-state index >= 15 is 0 Å². The van der Waals surface area contributed by atoms with Crippen LogP contribution < -0.4 is 0 Å². The number of amides is 2. The molecule has 36 heavy (non-hydrogen) atoms. The number of nitrogens with one attached hydrogen (secondary N) is 1. The lowest BCUT2D eigenvalue weighted by Crippen LogP contribution is -2.56. The number of hydrogen-bond acceptors (Lipinski definition) is 6. The number of aryl methyl sites for hydroxylation is 2. The zero-order chi connectivity index (χ0) is 25.4. The number of carbonyl (C=O) groups is 3. The number of ketones is 1. The molecule has 4 aromatic rings. The van der Waals surface area contributed by atoms with Crippen LogP contribution in [0.25, 0.3) is 22.2 Å². The van der Waals surface area contributed by atoms with E-state index in [1.165, 1.54) is 0 Å². The molecule has 9 nitrogen and oxygen atoms in total. The lowest BCUT2D eigenvalue weighted by molar-refractivity contribution is -0.130. The average molecular weight is 483 g/mol. The quantitative estimate of drug-likeness (QED) is 0.353. The molecular weight excluding hydrogens is 456 g/mol. The fourth-order valence-electron chi connectivity index (χ4n) is 4.71. The third-order valence-electron chi connectivity index (χ3n) is 6.59. The van der Waals surface area contributed by atoms with Crippen LogP contribution in [0.4, 0.5) is 0 Å². The van der Waals surface area contributed by atoms with Crippen molar-refractivity contribution < 1.29 is 14.4 Å². The van der Waals surface area contributed by atoms with Gasteiger partial charge < -0.3 is 14.8 Å². The first-order chi connectivity index (χ1) is 17.3. The second kappa shape index (κ2) is 9.33. The fourth-order valence-corrected chi connectivity index (χ4v) is 4.71. The van der Waals surface area contributed by atoms with Crippen LogP contribution in [0.15, 0.2) is 55.0 Å². The molecule has 1 saturated heterocycles. The molecule has 1 atom stereocenters. The van der Waals surface area contributed by atoms with Crippen molar-refractivity contribution in [3.63, 3.8) is 0 Å². The summed E-state index contributed by atoms with van der Waals surface area (Å²) in [5.41, 5.74) is 3.70. The molecule has 2 amide bonds. The third kappa shape index (κ3) is 4.13. The lowest BCUT2D eigenvalue weighted by Gasteiger charge is -2.39. The van der Waals surface area contributed by atoms with Crippen LogP contribution in [0.5, 0.6) is 0 Å². The maximum atomic E-state index is 13.3. The predicted octanol–water partition coefficient (Wildman–Crippen LogP) is 3.19. The number of benzene rings is 1. The molecule has 9 heteroatoms.